The summed E-state index contributed by atoms with van der Waals surface area (Å²) in [4.78, 5) is 88.7. The third-order valence-corrected chi connectivity index (χ3v) is 40.2. The first kappa shape index (κ1) is 69.9. The van der Waals surface area contributed by atoms with Crippen LogP contribution < -0.4 is 20.7 Å². The topological polar surface area (TPSA) is 81.2 Å². The number of unbranched alkanes of at least 4 members (excludes halogenated alkanes) is 2. The van der Waals surface area contributed by atoms with Crippen LogP contribution in [0.1, 0.15) is 164 Å². The monoisotopic (exact) mass is 1490 g/mol. The SMILES string of the molecule is CCCCC(CC)C[Si]1(CC(CC)CCCC)c2cc(-c3ccc(C4=C5C(=O)N(CC(C)C)C(c6ccc(C)s6)=C5C(=O)N4CC(C)C)s3)sc2-c2sc(-c3ccc(C4=C5C(=O)N(CC(C)C)C(c6ccc(-c7cc8c(s7)-c7sc(C)cc7[Si]8(C)C)s6)=C5C(=O)N4CC(C)C)s3)cc21. The molecule has 514 valence electrons. The Bertz CT molecular complexity index is 4630. The van der Waals surface area contributed by atoms with E-state index < -0.39 is 16.1 Å². The zero-order valence-electron chi connectivity index (χ0n) is 60.0. The van der Waals surface area contributed by atoms with Gasteiger partial charge in [-0.3, -0.25) is 19.2 Å². The molecule has 4 amide bonds. The minimum Gasteiger partial charge on any atom is -0.306 e. The number of fused-ring (bicyclic) bond motifs is 8. The summed E-state index contributed by atoms with van der Waals surface area (Å²) in [5.74, 6) is 1.72. The number of rotatable bonds is 27. The van der Waals surface area contributed by atoms with E-state index >= 15 is 19.2 Å². The lowest BCUT2D eigenvalue weighted by atomic mass is 10.0. The van der Waals surface area contributed by atoms with E-state index in [-0.39, 0.29) is 47.3 Å². The number of hydrogen-bond donors (Lipinski definition) is 0. The first-order valence-corrected chi connectivity index (χ1v) is 48.0. The van der Waals surface area contributed by atoms with Crippen LogP contribution in [-0.2, 0) is 19.2 Å². The summed E-state index contributed by atoms with van der Waals surface area (Å²) in [5, 5.41) is 6.32. The number of amides is 4. The molecule has 6 aliphatic heterocycles. The Kier molecular flexibility index (Phi) is 19.4. The average Bonchev–Trinajstić information content (AvgIpc) is 1.56. The molecule has 0 radical (unpaired) electrons. The van der Waals surface area contributed by atoms with Crippen molar-refractivity contribution in [1.29, 1.82) is 0 Å². The Hall–Kier alpha value is -5.13. The molecule has 8 aromatic heterocycles. The molecule has 14 rings (SSSR count). The summed E-state index contributed by atoms with van der Waals surface area (Å²) in [6.45, 7) is 38.2. The van der Waals surface area contributed by atoms with Crippen molar-refractivity contribution in [2.45, 2.75) is 173 Å². The van der Waals surface area contributed by atoms with Crippen LogP contribution in [0.5, 0.6) is 0 Å². The fourth-order valence-electron chi connectivity index (χ4n) is 16.4. The van der Waals surface area contributed by atoms with Crippen molar-refractivity contribution in [3.63, 3.8) is 0 Å². The molecule has 0 aliphatic carbocycles. The Balaban J connectivity index is 0.880. The number of carbonyl (C=O) groups excluding carboxylic acids is 4. The summed E-state index contributed by atoms with van der Waals surface area (Å²) in [7, 11) is -4.33. The van der Waals surface area contributed by atoms with E-state index in [1.165, 1.54) is 109 Å². The lowest BCUT2D eigenvalue weighted by Crippen LogP contribution is -2.56. The number of hydrogen-bond acceptors (Lipinski definition) is 12. The van der Waals surface area contributed by atoms with Crippen LogP contribution in [-0.4, -0.2) is 85.6 Å². The maximum atomic E-state index is 15.6. The Labute approximate surface area is 615 Å². The van der Waals surface area contributed by atoms with Crippen molar-refractivity contribution < 1.29 is 19.2 Å². The van der Waals surface area contributed by atoms with Crippen molar-refractivity contribution in [2.24, 2.45) is 35.5 Å². The van der Waals surface area contributed by atoms with Gasteiger partial charge in [-0.15, -0.1) is 90.7 Å². The molecule has 0 fully saturated rings. The zero-order valence-corrected chi connectivity index (χ0v) is 68.5. The predicted molar refractivity (Wildman–Crippen MR) is 431 cm³/mol. The minimum atomic E-state index is -2.50. The molecule has 14 heterocycles. The lowest BCUT2D eigenvalue weighted by molar-refractivity contribution is -0.124. The van der Waals surface area contributed by atoms with Crippen molar-refractivity contribution in [1.82, 2.24) is 19.6 Å². The second-order valence-corrected chi connectivity index (χ2v) is 48.0. The van der Waals surface area contributed by atoms with Gasteiger partial charge in [-0.2, -0.15) is 0 Å². The predicted octanol–water partition coefficient (Wildman–Crippen LogP) is 20.8. The molecule has 98 heavy (non-hydrogen) atoms. The Morgan fingerprint density at radius 3 is 0.990 bits per heavy atom. The quantitative estimate of drug-likeness (QED) is 0.0481. The van der Waals surface area contributed by atoms with Gasteiger partial charge in [0, 0.05) is 84.7 Å². The van der Waals surface area contributed by atoms with Gasteiger partial charge in [-0.05, 0) is 155 Å². The van der Waals surface area contributed by atoms with Crippen molar-refractivity contribution in [2.75, 3.05) is 26.2 Å². The smallest absolute Gasteiger partial charge is 0.261 e. The van der Waals surface area contributed by atoms with E-state index in [2.05, 4.69) is 183 Å². The first-order chi connectivity index (χ1) is 46.9. The molecule has 2 unspecified atom stereocenters. The molecule has 2 atom stereocenters. The van der Waals surface area contributed by atoms with Crippen LogP contribution in [0, 0.1) is 49.4 Å². The second-order valence-electron chi connectivity index (χ2n) is 30.6. The van der Waals surface area contributed by atoms with Gasteiger partial charge in [-0.25, -0.2) is 0 Å². The fourth-order valence-corrected chi connectivity index (χ4v) is 38.3. The molecule has 18 heteroatoms. The lowest BCUT2D eigenvalue weighted by Gasteiger charge is -2.35. The maximum Gasteiger partial charge on any atom is 0.261 e. The van der Waals surface area contributed by atoms with Gasteiger partial charge < -0.3 is 19.6 Å². The van der Waals surface area contributed by atoms with Crippen molar-refractivity contribution >= 4 is 174 Å². The summed E-state index contributed by atoms with van der Waals surface area (Å²) in [6, 6.07) is 30.2. The van der Waals surface area contributed by atoms with Gasteiger partial charge in [-0.1, -0.05) is 148 Å². The van der Waals surface area contributed by atoms with Crippen LogP contribution >= 0.6 is 90.7 Å². The van der Waals surface area contributed by atoms with Gasteiger partial charge >= 0.3 is 0 Å². The third-order valence-electron chi connectivity index (χ3n) is 21.0. The number of thiophene rings is 8. The number of aryl methyl sites for hydroxylation is 2. The summed E-state index contributed by atoms with van der Waals surface area (Å²) in [5.41, 5.74) is 5.31. The Morgan fingerprint density at radius 2 is 0.663 bits per heavy atom. The maximum absolute atomic E-state index is 15.6. The van der Waals surface area contributed by atoms with E-state index in [0.717, 1.165) is 60.0 Å². The summed E-state index contributed by atoms with van der Waals surface area (Å²) >= 11 is 14.6. The van der Waals surface area contributed by atoms with Crippen LogP contribution in [0.15, 0.2) is 95.1 Å². The highest BCUT2D eigenvalue weighted by Crippen LogP contribution is 2.56. The van der Waals surface area contributed by atoms with E-state index in [1.54, 1.807) is 60.9 Å². The highest BCUT2D eigenvalue weighted by molar-refractivity contribution is 7.34. The molecule has 8 aromatic rings. The van der Waals surface area contributed by atoms with Crippen LogP contribution in [0.4, 0.5) is 0 Å². The molecule has 0 saturated carbocycles. The molecule has 0 bridgehead atoms. The van der Waals surface area contributed by atoms with Crippen LogP contribution in [0.3, 0.4) is 0 Å². The summed E-state index contributed by atoms with van der Waals surface area (Å²) < 4.78 is 0. The number of nitrogens with zero attached hydrogens (tertiary/aromatic N) is 4. The van der Waals surface area contributed by atoms with Gasteiger partial charge in [0.15, 0.2) is 0 Å². The summed E-state index contributed by atoms with van der Waals surface area (Å²) in [6.07, 6.45) is 9.66. The normalized spacial score (nSPS) is 18.6. The second kappa shape index (κ2) is 27.2. The standard InChI is InChI=1S/C80H94N4O4S8Si2/c1-17-21-23-49(19-3)41-98(42-50(20-4)24-22-18-2)63-35-59(52-28-31-56(92-52)70-66-65(77(85)82(70)38-44(7)8)69(54-26-25-47(13)89-54)81(78(66)86)37-43(5)6)95-75(63)76-64(98)36-60(96-76)53-29-32-57(93-53)72-68-67(79(87)84(72)40-46(11)12)71(83(80(68)88)39-45(9)10)55-30-27-51(91-55)58-34-62-74(94-58)73-61(97(62,15)16)33-48(14)90-73/h25-36,43-46,49-50H,17-24,37-42H2,1-16H3. The molecule has 0 N–H and O–H groups in total. The first-order valence-electron chi connectivity index (χ1n) is 36.1. The molecule has 0 saturated heterocycles. The van der Waals surface area contributed by atoms with E-state index in [4.69, 9.17) is 0 Å². The van der Waals surface area contributed by atoms with Crippen LogP contribution in [0.25, 0.3) is 71.6 Å². The molecule has 0 spiro atoms. The van der Waals surface area contributed by atoms with Crippen molar-refractivity contribution in [3.05, 3.63) is 124 Å². The van der Waals surface area contributed by atoms with Crippen LogP contribution in [0.2, 0.25) is 25.2 Å². The van der Waals surface area contributed by atoms with Gasteiger partial charge in [0.25, 0.3) is 23.6 Å². The van der Waals surface area contributed by atoms with Gasteiger partial charge in [0.2, 0.25) is 0 Å². The van der Waals surface area contributed by atoms with Crippen molar-refractivity contribution in [3.8, 4) is 48.8 Å². The number of carbonyl (C=O) groups is 4. The fraction of sp³-hybridized carbons (Fsp3) is 0.450. The Morgan fingerprint density at radius 1 is 0.357 bits per heavy atom. The highest BCUT2D eigenvalue weighted by atomic mass is 32.1. The molecule has 0 aromatic carbocycles. The molecular formula is C80H94N4O4S8Si2. The largest absolute Gasteiger partial charge is 0.306 e. The molecular weight excluding hydrogens is 1390 g/mol. The van der Waals surface area contributed by atoms with E-state index in [0.29, 0.717) is 60.3 Å². The molecule has 8 nitrogen and oxygen atoms in total. The van der Waals surface area contributed by atoms with E-state index in [1.807, 2.05) is 64.9 Å². The van der Waals surface area contributed by atoms with E-state index in [9.17, 15) is 0 Å². The third kappa shape index (κ3) is 11.9. The minimum absolute atomic E-state index is 0.0671. The average molecular weight is 1490 g/mol. The zero-order chi connectivity index (χ0) is 69.3. The molecule has 6 aliphatic rings. The van der Waals surface area contributed by atoms with Gasteiger partial charge in [0.05, 0.1) is 64.6 Å². The van der Waals surface area contributed by atoms with Gasteiger partial charge in [0.1, 0.15) is 16.1 Å². The highest BCUT2D eigenvalue weighted by Gasteiger charge is 2.54.